The fourth-order valence-electron chi connectivity index (χ4n) is 1.94. The summed E-state index contributed by atoms with van der Waals surface area (Å²) in [6.45, 7) is 5.26. The maximum atomic E-state index is 12.7. The summed E-state index contributed by atoms with van der Waals surface area (Å²) in [4.78, 5) is 12.7. The van der Waals surface area contributed by atoms with Gasteiger partial charge in [-0.25, -0.2) is 0 Å². The molecule has 2 aromatic carbocycles. The zero-order valence-electron chi connectivity index (χ0n) is 14.1. The average Bonchev–Trinajstić information content (AvgIpc) is 2.57. The highest BCUT2D eigenvalue weighted by molar-refractivity contribution is 6.42. The van der Waals surface area contributed by atoms with Crippen LogP contribution in [0.2, 0.25) is 10.0 Å². The number of hydrogen-bond donors (Lipinski definition) is 1. The second-order valence-corrected chi connectivity index (χ2v) is 7.26. The lowest BCUT2D eigenvalue weighted by molar-refractivity contribution is -0.122. The van der Waals surface area contributed by atoms with Crippen LogP contribution in [0.3, 0.4) is 0 Å². The standard InChI is InChI=1S/C19H18Cl2N2O2/c1-19(2,3)18(25)16(17(24)12-7-5-4-6-8-12)23-22-13-9-10-14(20)15(21)11-13/h4-11,24H,1-3H3/b17-16-,23-22?. The second kappa shape index (κ2) is 7.81. The predicted octanol–water partition coefficient (Wildman–Crippen LogP) is 6.62. The molecule has 0 amide bonds. The maximum absolute atomic E-state index is 12.7. The number of hydrogen-bond acceptors (Lipinski definition) is 4. The first kappa shape index (κ1) is 19.2. The van der Waals surface area contributed by atoms with E-state index < -0.39 is 5.41 Å². The smallest absolute Gasteiger partial charge is 0.192 e. The van der Waals surface area contributed by atoms with Gasteiger partial charge in [-0.3, -0.25) is 4.79 Å². The van der Waals surface area contributed by atoms with Crippen LogP contribution in [0.25, 0.3) is 5.76 Å². The van der Waals surface area contributed by atoms with Crippen LogP contribution in [0, 0.1) is 5.41 Å². The molecule has 0 atom stereocenters. The highest BCUT2D eigenvalue weighted by Crippen LogP contribution is 2.30. The van der Waals surface area contributed by atoms with Crippen molar-refractivity contribution in [1.82, 2.24) is 0 Å². The maximum Gasteiger partial charge on any atom is 0.192 e. The van der Waals surface area contributed by atoms with Crippen molar-refractivity contribution in [3.05, 3.63) is 69.8 Å². The van der Waals surface area contributed by atoms with Gasteiger partial charge in [0, 0.05) is 11.0 Å². The molecule has 0 saturated heterocycles. The third-order valence-electron chi connectivity index (χ3n) is 3.34. The molecule has 0 aromatic heterocycles. The molecular weight excluding hydrogens is 359 g/mol. The molecule has 0 radical (unpaired) electrons. The predicted molar refractivity (Wildman–Crippen MR) is 101 cm³/mol. The lowest BCUT2D eigenvalue weighted by atomic mass is 9.88. The Hall–Kier alpha value is -2.17. The van der Waals surface area contributed by atoms with E-state index in [1.54, 1.807) is 57.2 Å². The Balaban J connectivity index is 2.50. The number of azo groups is 1. The van der Waals surface area contributed by atoms with Crippen LogP contribution >= 0.6 is 23.2 Å². The number of aliphatic hydroxyl groups excluding tert-OH is 1. The molecule has 2 rings (SSSR count). The third kappa shape index (κ3) is 4.91. The summed E-state index contributed by atoms with van der Waals surface area (Å²) in [5, 5.41) is 19.3. The van der Waals surface area contributed by atoms with E-state index in [4.69, 9.17) is 23.2 Å². The number of halogens is 2. The van der Waals surface area contributed by atoms with Gasteiger partial charge in [-0.15, -0.1) is 5.11 Å². The summed E-state index contributed by atoms with van der Waals surface area (Å²) in [7, 11) is 0. The minimum atomic E-state index is -0.727. The van der Waals surface area contributed by atoms with E-state index in [0.717, 1.165) is 0 Å². The van der Waals surface area contributed by atoms with Crippen molar-refractivity contribution in [3.63, 3.8) is 0 Å². The first-order chi connectivity index (χ1) is 11.7. The number of nitrogens with zero attached hydrogens (tertiary/aromatic N) is 2. The number of carbonyl (C=O) groups excluding carboxylic acids is 1. The number of carbonyl (C=O) groups is 1. The fraction of sp³-hybridized carbons (Fsp3) is 0.211. The van der Waals surface area contributed by atoms with Gasteiger partial charge in [-0.1, -0.05) is 74.3 Å². The quantitative estimate of drug-likeness (QED) is 0.370. The molecule has 4 nitrogen and oxygen atoms in total. The van der Waals surface area contributed by atoms with Crippen LogP contribution in [-0.2, 0) is 4.79 Å². The van der Waals surface area contributed by atoms with Crippen LogP contribution in [0.5, 0.6) is 0 Å². The van der Waals surface area contributed by atoms with E-state index in [1.165, 1.54) is 6.07 Å². The number of benzene rings is 2. The minimum Gasteiger partial charge on any atom is -0.505 e. The zero-order chi connectivity index (χ0) is 18.6. The first-order valence-electron chi connectivity index (χ1n) is 7.60. The normalized spacial score (nSPS) is 13.0. The number of ketones is 1. The molecule has 130 valence electrons. The number of Topliss-reactive ketones (excluding diaryl/α,β-unsaturated/α-hetero) is 1. The van der Waals surface area contributed by atoms with Crippen LogP contribution in [0.15, 0.2) is 64.5 Å². The highest BCUT2D eigenvalue weighted by Gasteiger charge is 2.28. The van der Waals surface area contributed by atoms with Gasteiger partial charge >= 0.3 is 0 Å². The van der Waals surface area contributed by atoms with Crippen molar-refractivity contribution in [1.29, 1.82) is 0 Å². The van der Waals surface area contributed by atoms with E-state index in [-0.39, 0.29) is 17.2 Å². The van der Waals surface area contributed by atoms with Gasteiger partial charge < -0.3 is 5.11 Å². The molecule has 0 aliphatic heterocycles. The molecule has 6 heteroatoms. The molecular formula is C19H18Cl2N2O2. The molecule has 0 unspecified atom stereocenters. The summed E-state index contributed by atoms with van der Waals surface area (Å²) in [5.41, 5.74) is 0.0804. The Kier molecular flexibility index (Phi) is 5.98. The van der Waals surface area contributed by atoms with E-state index >= 15 is 0 Å². The van der Waals surface area contributed by atoms with Gasteiger partial charge in [0.15, 0.2) is 17.2 Å². The monoisotopic (exact) mass is 376 g/mol. The van der Waals surface area contributed by atoms with Crippen LogP contribution in [0.1, 0.15) is 26.3 Å². The van der Waals surface area contributed by atoms with E-state index in [2.05, 4.69) is 10.2 Å². The summed E-state index contributed by atoms with van der Waals surface area (Å²) >= 11 is 11.8. The largest absolute Gasteiger partial charge is 0.505 e. The summed E-state index contributed by atoms with van der Waals surface area (Å²) in [6.07, 6.45) is 0. The summed E-state index contributed by atoms with van der Waals surface area (Å²) in [6, 6.07) is 13.5. The lowest BCUT2D eigenvalue weighted by Gasteiger charge is -2.17. The third-order valence-corrected chi connectivity index (χ3v) is 4.08. The van der Waals surface area contributed by atoms with Crippen LogP contribution < -0.4 is 0 Å². The molecule has 0 fully saturated rings. The molecule has 1 N–H and O–H groups in total. The Bertz CT molecular complexity index is 838. The second-order valence-electron chi connectivity index (χ2n) is 6.44. The van der Waals surface area contributed by atoms with Gasteiger partial charge in [0.2, 0.25) is 0 Å². The van der Waals surface area contributed by atoms with E-state index in [1.807, 2.05) is 6.07 Å². The van der Waals surface area contributed by atoms with Gasteiger partial charge in [0.1, 0.15) is 0 Å². The molecule has 0 bridgehead atoms. The molecule has 0 heterocycles. The van der Waals surface area contributed by atoms with Crippen LogP contribution in [-0.4, -0.2) is 10.9 Å². The Morgan fingerprint density at radius 3 is 2.20 bits per heavy atom. The molecule has 0 aliphatic carbocycles. The lowest BCUT2D eigenvalue weighted by Crippen LogP contribution is -2.22. The van der Waals surface area contributed by atoms with Crippen molar-refractivity contribution in [2.24, 2.45) is 15.6 Å². The first-order valence-corrected chi connectivity index (χ1v) is 8.36. The number of aliphatic hydroxyl groups is 1. The van der Waals surface area contributed by atoms with Crippen molar-refractivity contribution < 1.29 is 9.90 Å². The molecule has 25 heavy (non-hydrogen) atoms. The Morgan fingerprint density at radius 2 is 1.64 bits per heavy atom. The summed E-state index contributed by atoms with van der Waals surface area (Å²) < 4.78 is 0. The zero-order valence-corrected chi connectivity index (χ0v) is 15.6. The van der Waals surface area contributed by atoms with Gasteiger partial charge in [0.25, 0.3) is 0 Å². The van der Waals surface area contributed by atoms with Crippen molar-refractivity contribution in [2.45, 2.75) is 20.8 Å². The molecule has 0 saturated carbocycles. The fourth-order valence-corrected chi connectivity index (χ4v) is 2.24. The Labute approximate surface area is 156 Å². The van der Waals surface area contributed by atoms with Crippen molar-refractivity contribution >= 4 is 40.4 Å². The minimum absolute atomic E-state index is 0.107. The highest BCUT2D eigenvalue weighted by atomic mass is 35.5. The van der Waals surface area contributed by atoms with E-state index in [0.29, 0.717) is 21.3 Å². The Morgan fingerprint density at radius 1 is 1.00 bits per heavy atom. The van der Waals surface area contributed by atoms with Gasteiger partial charge in [0.05, 0.1) is 15.7 Å². The van der Waals surface area contributed by atoms with E-state index in [9.17, 15) is 9.90 Å². The van der Waals surface area contributed by atoms with Gasteiger partial charge in [-0.05, 0) is 18.2 Å². The summed E-state index contributed by atoms with van der Waals surface area (Å²) in [5.74, 6) is -0.540. The molecule has 0 aliphatic rings. The van der Waals surface area contributed by atoms with Crippen molar-refractivity contribution in [3.8, 4) is 0 Å². The van der Waals surface area contributed by atoms with Crippen molar-refractivity contribution in [2.75, 3.05) is 0 Å². The SMILES string of the molecule is CC(C)(C)C(=O)/C(N=Nc1ccc(Cl)c(Cl)c1)=C(/O)c1ccccc1. The molecule has 2 aromatic rings. The topological polar surface area (TPSA) is 62.0 Å². The average molecular weight is 377 g/mol. The molecule has 0 spiro atoms. The number of allylic oxidation sites excluding steroid dienone is 1. The van der Waals surface area contributed by atoms with Gasteiger partial charge in [-0.2, -0.15) is 5.11 Å². The number of rotatable bonds is 4. The van der Waals surface area contributed by atoms with Crippen LogP contribution in [0.4, 0.5) is 5.69 Å².